The van der Waals surface area contributed by atoms with Crippen LogP contribution in [0.25, 0.3) is 0 Å². The highest BCUT2D eigenvalue weighted by Gasteiger charge is 2.31. The van der Waals surface area contributed by atoms with Gasteiger partial charge in [0.05, 0.1) is 17.4 Å². The first kappa shape index (κ1) is 20.3. The van der Waals surface area contributed by atoms with Gasteiger partial charge in [-0.1, -0.05) is 30.0 Å². The molecule has 1 atom stereocenters. The molecule has 8 heteroatoms. The third-order valence-electron chi connectivity index (χ3n) is 5.28. The van der Waals surface area contributed by atoms with E-state index >= 15 is 0 Å². The summed E-state index contributed by atoms with van der Waals surface area (Å²) in [5, 5.41) is 10.8. The first-order chi connectivity index (χ1) is 14.5. The fourth-order valence-electron chi connectivity index (χ4n) is 3.72. The average molecular weight is 426 g/mol. The molecule has 7 nitrogen and oxygen atoms in total. The standard InChI is InChI=1S/C22H22N2O5S/c25-20-19(30-22(28)23-20)12-14-2-6-17(7-3-14)29-11-1-9-24-10-8-15-4-5-16(21(26)27)13-18(15)24/h2-7,13,19H,1,8-12H2,(H,26,27)(H,23,25,28). The highest BCUT2D eigenvalue weighted by Crippen LogP contribution is 2.29. The minimum Gasteiger partial charge on any atom is -0.494 e. The highest BCUT2D eigenvalue weighted by molar-refractivity contribution is 8.15. The second-order valence-corrected chi connectivity index (χ2v) is 8.49. The number of benzene rings is 2. The van der Waals surface area contributed by atoms with Crippen molar-refractivity contribution in [3.8, 4) is 5.75 Å². The summed E-state index contributed by atoms with van der Waals surface area (Å²) in [5.74, 6) is -0.382. The van der Waals surface area contributed by atoms with Crippen LogP contribution in [-0.4, -0.2) is 47.2 Å². The van der Waals surface area contributed by atoms with Gasteiger partial charge in [0, 0.05) is 18.8 Å². The summed E-state index contributed by atoms with van der Waals surface area (Å²) in [6, 6.07) is 12.9. The van der Waals surface area contributed by atoms with E-state index in [4.69, 9.17) is 4.74 Å². The van der Waals surface area contributed by atoms with Gasteiger partial charge >= 0.3 is 5.97 Å². The number of amides is 2. The molecule has 2 aromatic rings. The Morgan fingerprint density at radius 2 is 2.00 bits per heavy atom. The number of rotatable bonds is 8. The SMILES string of the molecule is O=C1NC(=O)C(Cc2ccc(OCCCN3CCc4ccc(C(=O)O)cc43)cc2)S1. The van der Waals surface area contributed by atoms with Gasteiger partial charge in [0.25, 0.3) is 5.24 Å². The molecule has 2 amide bonds. The zero-order chi connectivity index (χ0) is 21.1. The first-order valence-corrected chi connectivity index (χ1v) is 10.7. The predicted molar refractivity (Wildman–Crippen MR) is 114 cm³/mol. The zero-order valence-corrected chi connectivity index (χ0v) is 17.1. The molecule has 2 aromatic carbocycles. The van der Waals surface area contributed by atoms with Crippen LogP contribution in [0.5, 0.6) is 5.75 Å². The zero-order valence-electron chi connectivity index (χ0n) is 16.3. The van der Waals surface area contributed by atoms with Crippen LogP contribution in [0.3, 0.4) is 0 Å². The number of anilines is 1. The number of nitrogens with zero attached hydrogens (tertiary/aromatic N) is 1. The number of nitrogens with one attached hydrogen (secondary N) is 1. The number of hydrogen-bond acceptors (Lipinski definition) is 6. The average Bonchev–Trinajstić information content (AvgIpc) is 3.28. The molecule has 2 heterocycles. The van der Waals surface area contributed by atoms with Crippen LogP contribution in [0.4, 0.5) is 10.5 Å². The van der Waals surface area contributed by atoms with Crippen LogP contribution in [0, 0.1) is 0 Å². The van der Waals surface area contributed by atoms with E-state index in [0.29, 0.717) is 18.6 Å². The van der Waals surface area contributed by atoms with Gasteiger partial charge in [-0.25, -0.2) is 4.79 Å². The number of carboxylic acids is 1. The van der Waals surface area contributed by atoms with Gasteiger partial charge in [-0.15, -0.1) is 0 Å². The van der Waals surface area contributed by atoms with Gasteiger partial charge in [0.2, 0.25) is 5.91 Å². The molecule has 0 saturated carbocycles. The fraction of sp³-hybridized carbons (Fsp3) is 0.318. The van der Waals surface area contributed by atoms with Crippen molar-refractivity contribution in [3.05, 3.63) is 59.2 Å². The van der Waals surface area contributed by atoms with Crippen LogP contribution in [0.15, 0.2) is 42.5 Å². The maximum absolute atomic E-state index is 11.7. The lowest BCUT2D eigenvalue weighted by Gasteiger charge is -2.19. The van der Waals surface area contributed by atoms with Gasteiger partial charge in [-0.2, -0.15) is 0 Å². The Balaban J connectivity index is 1.24. The molecule has 0 radical (unpaired) electrons. The summed E-state index contributed by atoms with van der Waals surface area (Å²) in [6.45, 7) is 2.25. The van der Waals surface area contributed by atoms with E-state index in [-0.39, 0.29) is 16.4 Å². The van der Waals surface area contributed by atoms with Gasteiger partial charge in [0.1, 0.15) is 5.75 Å². The molecule has 0 spiro atoms. The van der Waals surface area contributed by atoms with Crippen molar-refractivity contribution in [1.29, 1.82) is 0 Å². The lowest BCUT2D eigenvalue weighted by Crippen LogP contribution is -2.25. The number of thioether (sulfide) groups is 1. The largest absolute Gasteiger partial charge is 0.494 e. The Kier molecular flexibility index (Phi) is 5.94. The van der Waals surface area contributed by atoms with E-state index in [1.807, 2.05) is 30.3 Å². The lowest BCUT2D eigenvalue weighted by atomic mass is 10.1. The normalized spacial score (nSPS) is 17.7. The number of fused-ring (bicyclic) bond motifs is 1. The molecule has 0 bridgehead atoms. The number of imide groups is 1. The molecule has 2 aliphatic heterocycles. The number of carbonyl (C=O) groups is 3. The van der Waals surface area contributed by atoms with Crippen LogP contribution in [-0.2, 0) is 17.6 Å². The third-order valence-corrected chi connectivity index (χ3v) is 6.26. The summed E-state index contributed by atoms with van der Waals surface area (Å²) >= 11 is 1.03. The Labute approximate surface area is 178 Å². The smallest absolute Gasteiger partial charge is 0.335 e. The maximum atomic E-state index is 11.7. The summed E-state index contributed by atoms with van der Waals surface area (Å²) in [5.41, 5.74) is 3.49. The summed E-state index contributed by atoms with van der Waals surface area (Å²) in [4.78, 5) is 36.3. The van der Waals surface area contributed by atoms with E-state index in [1.54, 1.807) is 12.1 Å². The van der Waals surface area contributed by atoms with E-state index in [0.717, 1.165) is 54.7 Å². The number of hydrogen-bond donors (Lipinski definition) is 2. The molecule has 1 saturated heterocycles. The minimum absolute atomic E-state index is 0.232. The van der Waals surface area contributed by atoms with Crippen LogP contribution in [0.1, 0.15) is 27.9 Å². The van der Waals surface area contributed by atoms with Crippen molar-refractivity contribution in [2.75, 3.05) is 24.6 Å². The van der Waals surface area contributed by atoms with E-state index in [2.05, 4.69) is 10.2 Å². The van der Waals surface area contributed by atoms with Crippen molar-refractivity contribution in [2.45, 2.75) is 24.5 Å². The van der Waals surface area contributed by atoms with Crippen molar-refractivity contribution in [1.82, 2.24) is 5.32 Å². The Morgan fingerprint density at radius 1 is 1.20 bits per heavy atom. The molecular formula is C22H22N2O5S. The predicted octanol–water partition coefficient (Wildman–Crippen LogP) is 3.11. The summed E-state index contributed by atoms with van der Waals surface area (Å²) < 4.78 is 5.82. The second kappa shape index (κ2) is 8.79. The summed E-state index contributed by atoms with van der Waals surface area (Å²) in [6.07, 6.45) is 2.26. The molecule has 4 rings (SSSR count). The Hall–Kier alpha value is -3.00. The van der Waals surface area contributed by atoms with Crippen LogP contribution >= 0.6 is 11.8 Å². The lowest BCUT2D eigenvalue weighted by molar-refractivity contribution is -0.118. The molecular weight excluding hydrogens is 404 g/mol. The Morgan fingerprint density at radius 3 is 2.70 bits per heavy atom. The molecule has 156 valence electrons. The number of ether oxygens (including phenoxy) is 1. The quantitative estimate of drug-likeness (QED) is 0.626. The third kappa shape index (κ3) is 4.59. The number of aromatic carboxylic acids is 1. The van der Waals surface area contributed by atoms with Crippen molar-refractivity contribution >= 4 is 34.6 Å². The maximum Gasteiger partial charge on any atom is 0.335 e. The first-order valence-electron chi connectivity index (χ1n) is 9.84. The summed E-state index contributed by atoms with van der Waals surface area (Å²) in [7, 11) is 0. The number of carboxylic acid groups (broad SMARTS) is 1. The van der Waals surface area contributed by atoms with Gasteiger partial charge in [-0.3, -0.25) is 14.9 Å². The molecule has 0 aromatic heterocycles. The van der Waals surface area contributed by atoms with Crippen molar-refractivity contribution in [2.24, 2.45) is 0 Å². The van der Waals surface area contributed by atoms with Gasteiger partial charge < -0.3 is 14.7 Å². The molecule has 30 heavy (non-hydrogen) atoms. The van der Waals surface area contributed by atoms with E-state index in [9.17, 15) is 19.5 Å². The number of carbonyl (C=O) groups excluding carboxylic acids is 2. The van der Waals surface area contributed by atoms with Gasteiger partial charge in [-0.05, 0) is 54.7 Å². The van der Waals surface area contributed by atoms with E-state index in [1.165, 1.54) is 5.56 Å². The Bertz CT molecular complexity index is 976. The van der Waals surface area contributed by atoms with Crippen molar-refractivity contribution < 1.29 is 24.2 Å². The monoisotopic (exact) mass is 426 g/mol. The second-order valence-electron chi connectivity index (χ2n) is 7.32. The topological polar surface area (TPSA) is 95.9 Å². The molecule has 1 fully saturated rings. The van der Waals surface area contributed by atoms with Crippen LogP contribution < -0.4 is 15.0 Å². The van der Waals surface area contributed by atoms with Crippen LogP contribution in [0.2, 0.25) is 0 Å². The molecule has 1 unspecified atom stereocenters. The fourth-order valence-corrected chi connectivity index (χ4v) is 4.58. The molecule has 0 aliphatic carbocycles. The highest BCUT2D eigenvalue weighted by atomic mass is 32.2. The molecule has 2 aliphatic rings. The minimum atomic E-state index is -0.907. The van der Waals surface area contributed by atoms with E-state index < -0.39 is 5.97 Å². The van der Waals surface area contributed by atoms with Crippen molar-refractivity contribution in [3.63, 3.8) is 0 Å². The molecule has 2 N–H and O–H groups in total. The van der Waals surface area contributed by atoms with Gasteiger partial charge in [0.15, 0.2) is 0 Å².